The van der Waals surface area contributed by atoms with E-state index in [1.807, 2.05) is 13.8 Å². The molecular weight excluding hydrogens is 605 g/mol. The van der Waals surface area contributed by atoms with Crippen molar-refractivity contribution < 1.29 is 28.1 Å². The maximum Gasteiger partial charge on any atom is 0.192 e. The second-order valence-electron chi connectivity index (χ2n) is 18.5. The molecule has 7 heteroatoms. The molecule has 6 nitrogen and oxygen atoms in total. The molecule has 0 aromatic carbocycles. The van der Waals surface area contributed by atoms with Crippen LogP contribution in [0.25, 0.3) is 0 Å². The van der Waals surface area contributed by atoms with Crippen LogP contribution < -0.4 is 0 Å². The fraction of sp³-hybridized carbons (Fsp3) is 0.900. The molecule has 0 amide bonds. The fourth-order valence-electron chi connectivity index (χ4n) is 9.20. The van der Waals surface area contributed by atoms with Crippen LogP contribution in [0.15, 0.2) is 23.3 Å². The molecule has 0 radical (unpaired) electrons. The molecule has 7 atom stereocenters. The third-order valence-corrected chi connectivity index (χ3v) is 17.5. The number of hydrogen-bond acceptors (Lipinski definition) is 6. The minimum Gasteiger partial charge on any atom is -0.414 e. The van der Waals surface area contributed by atoms with Gasteiger partial charge in [-0.25, -0.2) is 0 Å². The van der Waals surface area contributed by atoms with Gasteiger partial charge in [-0.05, 0) is 127 Å². The Balaban J connectivity index is 1.42. The van der Waals surface area contributed by atoms with Gasteiger partial charge >= 0.3 is 0 Å². The summed E-state index contributed by atoms with van der Waals surface area (Å²) >= 11 is 0. The van der Waals surface area contributed by atoms with Gasteiger partial charge in [-0.2, -0.15) is 0 Å². The van der Waals surface area contributed by atoms with Crippen molar-refractivity contribution in [3.8, 4) is 0 Å². The van der Waals surface area contributed by atoms with Gasteiger partial charge in [0.25, 0.3) is 0 Å². The first-order valence-electron chi connectivity index (χ1n) is 18.9. The molecule has 3 aliphatic carbocycles. The van der Waals surface area contributed by atoms with Gasteiger partial charge in [0.2, 0.25) is 0 Å². The van der Waals surface area contributed by atoms with E-state index in [0.29, 0.717) is 31.3 Å². The third-order valence-electron chi connectivity index (χ3n) is 13.0. The lowest BCUT2D eigenvalue weighted by Gasteiger charge is -2.44. The summed E-state index contributed by atoms with van der Waals surface area (Å²) in [7, 11) is -0.121. The molecule has 1 heterocycles. The molecule has 0 bridgehead atoms. The molecule has 1 aliphatic heterocycles. The maximum absolute atomic E-state index is 6.64. The Labute approximate surface area is 290 Å². The highest BCUT2D eigenvalue weighted by molar-refractivity contribution is 6.74. The number of allylic oxidation sites excluding steroid dienone is 3. The smallest absolute Gasteiger partial charge is 0.192 e. The zero-order chi connectivity index (χ0) is 34.9. The molecule has 3 saturated carbocycles. The van der Waals surface area contributed by atoms with Crippen molar-refractivity contribution in [1.82, 2.24) is 0 Å². The molecule has 272 valence electrons. The highest BCUT2D eigenvalue weighted by Crippen LogP contribution is 2.60. The van der Waals surface area contributed by atoms with Gasteiger partial charge in [0.15, 0.2) is 14.1 Å². The number of rotatable bonds is 14. The SMILES string of the molecule is COCOC(C)(C)CCC[C@@H](C)[C@H]1CC[C@H]2/C(=C/C=C3\C[C@@H](OCCO[Si](C)(C)C(C)(C)C)[C@]4(C)OC(C)(C)O[C@@H]4C3)CCC[C@]12C. The summed E-state index contributed by atoms with van der Waals surface area (Å²) in [5.74, 6) is 1.61. The van der Waals surface area contributed by atoms with Gasteiger partial charge in [0, 0.05) is 7.11 Å². The van der Waals surface area contributed by atoms with Crippen molar-refractivity contribution in [2.24, 2.45) is 23.2 Å². The third kappa shape index (κ3) is 9.23. The monoisotopic (exact) mass is 677 g/mol. The van der Waals surface area contributed by atoms with E-state index in [1.165, 1.54) is 50.5 Å². The minimum absolute atomic E-state index is 0.0135. The minimum atomic E-state index is -1.82. The second kappa shape index (κ2) is 15.0. The van der Waals surface area contributed by atoms with Gasteiger partial charge in [-0.1, -0.05) is 70.8 Å². The van der Waals surface area contributed by atoms with Crippen molar-refractivity contribution in [2.75, 3.05) is 27.1 Å². The summed E-state index contributed by atoms with van der Waals surface area (Å²) in [4.78, 5) is 0. The predicted molar refractivity (Wildman–Crippen MR) is 195 cm³/mol. The van der Waals surface area contributed by atoms with Crippen LogP contribution in [0.5, 0.6) is 0 Å². The molecule has 1 saturated heterocycles. The number of hydrogen-bond donors (Lipinski definition) is 0. The molecule has 0 N–H and O–H groups in total. The first kappa shape index (κ1) is 39.2. The van der Waals surface area contributed by atoms with Crippen LogP contribution in [-0.4, -0.2) is 64.6 Å². The van der Waals surface area contributed by atoms with E-state index in [2.05, 4.69) is 80.6 Å². The van der Waals surface area contributed by atoms with Crippen LogP contribution in [0.3, 0.4) is 0 Å². The molecule has 47 heavy (non-hydrogen) atoms. The fourth-order valence-corrected chi connectivity index (χ4v) is 10.2. The van der Waals surface area contributed by atoms with E-state index >= 15 is 0 Å². The highest BCUT2D eigenvalue weighted by Gasteiger charge is 2.57. The molecule has 0 aromatic heterocycles. The summed E-state index contributed by atoms with van der Waals surface area (Å²) < 4.78 is 37.2. The standard InChI is InChI=1S/C40H72O6Si/c1-29(16-14-22-37(5,6)43-28-41-11)32-20-21-33-31(17-15-23-39(32,33)9)19-18-30-26-34(40(10)35(27-30)45-38(7,8)46-40)42-24-25-44-47(12,13)36(2,3)4/h18-19,29,32-35H,14-17,20-28H2,1-13H3/b30-18+,31-19+/t29-,32-,33+,34-,35-,39-,40+/m1/s1. The van der Waals surface area contributed by atoms with Gasteiger partial charge in [-0.15, -0.1) is 0 Å². The summed E-state index contributed by atoms with van der Waals surface area (Å²) in [6, 6.07) is 0. The Morgan fingerprint density at radius 2 is 1.72 bits per heavy atom. The van der Waals surface area contributed by atoms with Crippen LogP contribution in [0, 0.1) is 23.2 Å². The summed E-state index contributed by atoms with van der Waals surface area (Å²) in [6.07, 6.45) is 16.8. The van der Waals surface area contributed by atoms with E-state index < -0.39 is 19.7 Å². The number of methoxy groups -OCH3 is 1. The van der Waals surface area contributed by atoms with E-state index in [0.717, 1.165) is 31.1 Å². The van der Waals surface area contributed by atoms with E-state index in [4.69, 9.17) is 28.1 Å². The first-order chi connectivity index (χ1) is 21.7. The Hall–Kier alpha value is -0.543. The average Bonchev–Trinajstić information content (AvgIpc) is 3.44. The highest BCUT2D eigenvalue weighted by atomic mass is 28.4. The first-order valence-corrected chi connectivity index (χ1v) is 21.8. The zero-order valence-corrected chi connectivity index (χ0v) is 33.7. The van der Waals surface area contributed by atoms with Crippen molar-refractivity contribution in [3.05, 3.63) is 23.3 Å². The quantitative estimate of drug-likeness (QED) is 0.104. The van der Waals surface area contributed by atoms with Gasteiger partial charge in [0.1, 0.15) is 12.4 Å². The van der Waals surface area contributed by atoms with Crippen molar-refractivity contribution >= 4 is 8.32 Å². The number of ether oxygens (including phenoxy) is 5. The van der Waals surface area contributed by atoms with Crippen molar-refractivity contribution in [1.29, 1.82) is 0 Å². The molecule has 0 unspecified atom stereocenters. The Morgan fingerprint density at radius 1 is 1.00 bits per heavy atom. The summed E-state index contributed by atoms with van der Waals surface area (Å²) in [5.41, 5.74) is 2.90. The van der Waals surface area contributed by atoms with Crippen LogP contribution in [0.2, 0.25) is 18.1 Å². The Bertz CT molecular complexity index is 1100. The van der Waals surface area contributed by atoms with E-state index in [-0.39, 0.29) is 22.8 Å². The molecule has 4 aliphatic rings. The zero-order valence-electron chi connectivity index (χ0n) is 32.7. The average molecular weight is 677 g/mol. The Morgan fingerprint density at radius 3 is 2.40 bits per heavy atom. The van der Waals surface area contributed by atoms with Gasteiger partial charge in [-0.3, -0.25) is 0 Å². The molecule has 4 rings (SSSR count). The van der Waals surface area contributed by atoms with Crippen molar-refractivity contribution in [2.45, 2.75) is 181 Å². The second-order valence-corrected chi connectivity index (χ2v) is 23.3. The molecule has 4 fully saturated rings. The van der Waals surface area contributed by atoms with E-state index in [1.54, 1.807) is 12.7 Å². The summed E-state index contributed by atoms with van der Waals surface area (Å²) in [5, 5.41) is 0.189. The topological polar surface area (TPSA) is 55.4 Å². The van der Waals surface area contributed by atoms with Gasteiger partial charge < -0.3 is 28.1 Å². The molecule has 0 aromatic rings. The Kier molecular flexibility index (Phi) is 12.5. The van der Waals surface area contributed by atoms with Crippen LogP contribution in [0.1, 0.15) is 133 Å². The predicted octanol–water partition coefficient (Wildman–Crippen LogP) is 10.4. The van der Waals surface area contributed by atoms with Crippen LogP contribution in [-0.2, 0) is 28.1 Å². The molecule has 0 spiro atoms. The lowest BCUT2D eigenvalue weighted by atomic mass is 9.60. The van der Waals surface area contributed by atoms with Crippen molar-refractivity contribution in [3.63, 3.8) is 0 Å². The van der Waals surface area contributed by atoms with E-state index in [9.17, 15) is 0 Å². The normalized spacial score (nSPS) is 35.3. The number of fused-ring (bicyclic) bond motifs is 2. The van der Waals surface area contributed by atoms with Gasteiger partial charge in [0.05, 0.1) is 31.0 Å². The van der Waals surface area contributed by atoms with Crippen LogP contribution in [0.4, 0.5) is 0 Å². The molecular formula is C40H72O6Si. The lowest BCUT2D eigenvalue weighted by Crippen LogP contribution is -2.53. The lowest BCUT2D eigenvalue weighted by molar-refractivity contribution is -0.187. The summed E-state index contributed by atoms with van der Waals surface area (Å²) in [6.45, 7) is 28.8. The van der Waals surface area contributed by atoms with Crippen LogP contribution >= 0.6 is 0 Å². The maximum atomic E-state index is 6.64. The largest absolute Gasteiger partial charge is 0.414 e.